The van der Waals surface area contributed by atoms with Gasteiger partial charge in [0.25, 0.3) is 0 Å². The van der Waals surface area contributed by atoms with E-state index < -0.39 is 0 Å². The maximum absolute atomic E-state index is 11.8. The molecule has 5 nitrogen and oxygen atoms in total. The number of nitrogens with one attached hydrogen (secondary N) is 1. The molecule has 0 aromatic heterocycles. The zero-order valence-electron chi connectivity index (χ0n) is 9.61. The zero-order valence-corrected chi connectivity index (χ0v) is 9.61. The van der Waals surface area contributed by atoms with E-state index in [-0.39, 0.29) is 12.1 Å². The maximum Gasteiger partial charge on any atom is 0.317 e. The van der Waals surface area contributed by atoms with Crippen molar-refractivity contribution in [2.45, 2.75) is 25.4 Å². The number of carbonyl (C=O) groups is 1. The molecular formula is C11H20N2O3. The van der Waals surface area contributed by atoms with Crippen molar-refractivity contribution in [3.05, 3.63) is 0 Å². The number of ether oxygens (including phenoxy) is 2. The molecule has 1 atom stereocenters. The first-order chi connectivity index (χ1) is 7.86. The Kier molecular flexibility index (Phi) is 4.42. The predicted octanol–water partition coefficient (Wildman–Crippen LogP) is 0.597. The van der Waals surface area contributed by atoms with Gasteiger partial charge in [-0.1, -0.05) is 0 Å². The maximum atomic E-state index is 11.8. The number of nitrogens with zero attached hydrogens (tertiary/aromatic N) is 1. The quantitative estimate of drug-likeness (QED) is 0.753. The van der Waals surface area contributed by atoms with E-state index in [1.54, 1.807) is 0 Å². The third-order valence-corrected chi connectivity index (χ3v) is 3.01. The molecule has 2 fully saturated rings. The average molecular weight is 228 g/mol. The van der Waals surface area contributed by atoms with Crippen LogP contribution in [0, 0.1) is 0 Å². The third-order valence-electron chi connectivity index (χ3n) is 3.01. The van der Waals surface area contributed by atoms with E-state index >= 15 is 0 Å². The fraction of sp³-hybridized carbons (Fsp3) is 0.909. The van der Waals surface area contributed by atoms with Gasteiger partial charge in [-0.05, 0) is 19.3 Å². The standard InChI is InChI=1S/C11H20N2O3/c14-11(13-4-2-1-3-5-13)12-8-10-9-15-6-7-16-10/h10H,1-9H2,(H,12,14). The Hall–Kier alpha value is -0.810. The highest BCUT2D eigenvalue weighted by atomic mass is 16.6. The number of carbonyl (C=O) groups excluding carboxylic acids is 1. The first-order valence-electron chi connectivity index (χ1n) is 6.08. The van der Waals surface area contributed by atoms with Crippen LogP contribution in [-0.2, 0) is 9.47 Å². The molecule has 2 saturated heterocycles. The summed E-state index contributed by atoms with van der Waals surface area (Å²) >= 11 is 0. The molecule has 2 rings (SSSR count). The summed E-state index contributed by atoms with van der Waals surface area (Å²) < 4.78 is 10.7. The van der Waals surface area contributed by atoms with Crippen LogP contribution in [0.15, 0.2) is 0 Å². The minimum atomic E-state index is 0.0162. The minimum Gasteiger partial charge on any atom is -0.376 e. The summed E-state index contributed by atoms with van der Waals surface area (Å²) in [7, 11) is 0. The van der Waals surface area contributed by atoms with E-state index in [4.69, 9.17) is 9.47 Å². The van der Waals surface area contributed by atoms with E-state index in [0.29, 0.717) is 26.4 Å². The second-order valence-electron chi connectivity index (χ2n) is 4.30. The Balaban J connectivity index is 1.65. The molecule has 0 aromatic rings. The molecule has 2 aliphatic heterocycles. The van der Waals surface area contributed by atoms with Crippen LogP contribution in [0.5, 0.6) is 0 Å². The Labute approximate surface area is 96.1 Å². The van der Waals surface area contributed by atoms with Crippen molar-refractivity contribution in [3.63, 3.8) is 0 Å². The van der Waals surface area contributed by atoms with Gasteiger partial charge in [0.2, 0.25) is 0 Å². The summed E-state index contributed by atoms with van der Waals surface area (Å²) in [6.45, 7) is 4.19. The lowest BCUT2D eigenvalue weighted by Gasteiger charge is -2.28. The van der Waals surface area contributed by atoms with Gasteiger partial charge in [0.05, 0.1) is 25.9 Å². The van der Waals surface area contributed by atoms with Crippen molar-refractivity contribution >= 4 is 6.03 Å². The number of rotatable bonds is 2. The number of likely N-dealkylation sites (tertiary alicyclic amines) is 1. The van der Waals surface area contributed by atoms with Gasteiger partial charge in [-0.25, -0.2) is 4.79 Å². The van der Waals surface area contributed by atoms with Gasteiger partial charge in [-0.3, -0.25) is 0 Å². The lowest BCUT2D eigenvalue weighted by molar-refractivity contribution is -0.0856. The van der Waals surface area contributed by atoms with Crippen molar-refractivity contribution in [3.8, 4) is 0 Å². The number of amides is 2. The highest BCUT2D eigenvalue weighted by Gasteiger charge is 2.19. The van der Waals surface area contributed by atoms with Crippen molar-refractivity contribution in [2.24, 2.45) is 0 Å². The number of piperidine rings is 1. The van der Waals surface area contributed by atoms with Crippen LogP contribution in [0.1, 0.15) is 19.3 Å². The summed E-state index contributed by atoms with van der Waals surface area (Å²) in [5.41, 5.74) is 0. The number of hydrogen-bond acceptors (Lipinski definition) is 3. The SMILES string of the molecule is O=C(NCC1COCCO1)N1CCCCC1. The van der Waals surface area contributed by atoms with Crippen LogP contribution in [0.3, 0.4) is 0 Å². The molecule has 2 aliphatic rings. The molecule has 0 saturated carbocycles. The van der Waals surface area contributed by atoms with E-state index in [2.05, 4.69) is 5.32 Å². The monoisotopic (exact) mass is 228 g/mol. The first kappa shape index (κ1) is 11.7. The smallest absolute Gasteiger partial charge is 0.317 e. The molecule has 0 aliphatic carbocycles. The predicted molar refractivity (Wildman–Crippen MR) is 59.4 cm³/mol. The van der Waals surface area contributed by atoms with Crippen LogP contribution in [0.25, 0.3) is 0 Å². The van der Waals surface area contributed by atoms with E-state index in [9.17, 15) is 4.79 Å². The Morgan fingerprint density at radius 3 is 2.75 bits per heavy atom. The molecule has 0 spiro atoms. The minimum absolute atomic E-state index is 0.0162. The average Bonchev–Trinajstić information content (AvgIpc) is 2.38. The molecule has 0 radical (unpaired) electrons. The van der Waals surface area contributed by atoms with Crippen molar-refractivity contribution < 1.29 is 14.3 Å². The summed E-state index contributed by atoms with van der Waals surface area (Å²) in [5, 5.41) is 2.90. The highest BCUT2D eigenvalue weighted by Crippen LogP contribution is 2.08. The lowest BCUT2D eigenvalue weighted by Crippen LogP contribution is -2.47. The highest BCUT2D eigenvalue weighted by molar-refractivity contribution is 5.74. The molecule has 5 heteroatoms. The van der Waals surface area contributed by atoms with E-state index in [1.165, 1.54) is 6.42 Å². The van der Waals surface area contributed by atoms with E-state index in [1.807, 2.05) is 4.90 Å². The molecule has 0 aromatic carbocycles. The summed E-state index contributed by atoms with van der Waals surface area (Å²) in [5.74, 6) is 0. The molecule has 2 heterocycles. The fourth-order valence-corrected chi connectivity index (χ4v) is 2.06. The summed E-state index contributed by atoms with van der Waals surface area (Å²) in [4.78, 5) is 13.6. The van der Waals surface area contributed by atoms with E-state index in [0.717, 1.165) is 25.9 Å². The molecule has 92 valence electrons. The normalized spacial score (nSPS) is 26.5. The summed E-state index contributed by atoms with van der Waals surface area (Å²) in [6, 6.07) is 0.0360. The number of urea groups is 1. The zero-order chi connectivity index (χ0) is 11.2. The van der Waals surface area contributed by atoms with Gasteiger partial charge in [-0.15, -0.1) is 0 Å². The van der Waals surface area contributed by atoms with Crippen molar-refractivity contribution in [1.82, 2.24) is 10.2 Å². The van der Waals surface area contributed by atoms with Gasteiger partial charge in [0, 0.05) is 19.6 Å². The fourth-order valence-electron chi connectivity index (χ4n) is 2.06. The van der Waals surface area contributed by atoms with Gasteiger partial charge in [0.1, 0.15) is 0 Å². The van der Waals surface area contributed by atoms with Crippen LogP contribution in [-0.4, -0.2) is 56.5 Å². The van der Waals surface area contributed by atoms with Gasteiger partial charge >= 0.3 is 6.03 Å². The number of hydrogen-bond donors (Lipinski definition) is 1. The molecular weight excluding hydrogens is 208 g/mol. The molecule has 1 unspecified atom stereocenters. The second kappa shape index (κ2) is 6.06. The second-order valence-corrected chi connectivity index (χ2v) is 4.30. The first-order valence-corrected chi connectivity index (χ1v) is 6.08. The Bertz CT molecular complexity index is 223. The van der Waals surface area contributed by atoms with Gasteiger partial charge in [-0.2, -0.15) is 0 Å². The topological polar surface area (TPSA) is 50.8 Å². The Morgan fingerprint density at radius 2 is 2.06 bits per heavy atom. The molecule has 2 amide bonds. The van der Waals surface area contributed by atoms with Crippen molar-refractivity contribution in [1.29, 1.82) is 0 Å². The third kappa shape index (κ3) is 3.35. The van der Waals surface area contributed by atoms with Crippen LogP contribution >= 0.6 is 0 Å². The van der Waals surface area contributed by atoms with Crippen LogP contribution in [0.4, 0.5) is 4.79 Å². The van der Waals surface area contributed by atoms with Gasteiger partial charge < -0.3 is 19.7 Å². The van der Waals surface area contributed by atoms with Crippen LogP contribution in [0.2, 0.25) is 0 Å². The van der Waals surface area contributed by atoms with Gasteiger partial charge in [0.15, 0.2) is 0 Å². The largest absolute Gasteiger partial charge is 0.376 e. The lowest BCUT2D eigenvalue weighted by atomic mass is 10.1. The summed E-state index contributed by atoms with van der Waals surface area (Å²) in [6.07, 6.45) is 3.50. The molecule has 0 bridgehead atoms. The van der Waals surface area contributed by atoms with Crippen molar-refractivity contribution in [2.75, 3.05) is 39.5 Å². The van der Waals surface area contributed by atoms with Crippen LogP contribution < -0.4 is 5.32 Å². The Morgan fingerprint density at radius 1 is 1.25 bits per heavy atom. The molecule has 1 N–H and O–H groups in total. The molecule has 16 heavy (non-hydrogen) atoms.